The highest BCUT2D eigenvalue weighted by atomic mass is 32.2. The molecule has 0 amide bonds. The van der Waals surface area contributed by atoms with Gasteiger partial charge >= 0.3 is 0 Å². The summed E-state index contributed by atoms with van der Waals surface area (Å²) in [4.78, 5) is 4.01. The van der Waals surface area contributed by atoms with Crippen LogP contribution in [0.2, 0.25) is 0 Å². The molecule has 2 heterocycles. The van der Waals surface area contributed by atoms with Crippen molar-refractivity contribution in [3.8, 4) is 0 Å². The zero-order valence-electron chi connectivity index (χ0n) is 4.95. The van der Waals surface area contributed by atoms with Gasteiger partial charge in [0, 0.05) is 11.8 Å². The zero-order chi connectivity index (χ0) is 6.10. The molecule has 0 saturated carbocycles. The maximum absolute atomic E-state index is 4.01. The molecule has 1 aliphatic heterocycles. The van der Waals surface area contributed by atoms with Gasteiger partial charge in [-0.05, 0) is 0 Å². The lowest BCUT2D eigenvalue weighted by Crippen LogP contribution is -2.32. The van der Waals surface area contributed by atoms with Gasteiger partial charge in [0.2, 0.25) is 0 Å². The van der Waals surface area contributed by atoms with Crippen molar-refractivity contribution < 1.29 is 4.57 Å². The standard InChI is InChI=1S/C6H7N2S/c1-2-7-5-8-3-4-9-6(1)8/h1-2,5H,3-4H2/q+1. The van der Waals surface area contributed by atoms with Crippen molar-refractivity contribution in [1.29, 1.82) is 0 Å². The number of fused-ring (bicyclic) bond motifs is 1. The van der Waals surface area contributed by atoms with Crippen molar-refractivity contribution in [3.63, 3.8) is 0 Å². The van der Waals surface area contributed by atoms with Crippen LogP contribution in [0.1, 0.15) is 0 Å². The number of thioether (sulfide) groups is 1. The summed E-state index contributed by atoms with van der Waals surface area (Å²) in [5, 5.41) is 1.34. The first-order valence-electron chi connectivity index (χ1n) is 2.93. The highest BCUT2D eigenvalue weighted by Crippen LogP contribution is 2.16. The Morgan fingerprint density at radius 3 is 3.56 bits per heavy atom. The van der Waals surface area contributed by atoms with Crippen molar-refractivity contribution >= 4 is 11.8 Å². The van der Waals surface area contributed by atoms with Crippen LogP contribution >= 0.6 is 11.8 Å². The Morgan fingerprint density at radius 1 is 1.67 bits per heavy atom. The Kier molecular flexibility index (Phi) is 1.16. The maximum atomic E-state index is 4.01. The maximum Gasteiger partial charge on any atom is 0.286 e. The molecule has 0 saturated heterocycles. The molecule has 2 rings (SSSR count). The number of rotatable bonds is 0. The van der Waals surface area contributed by atoms with Gasteiger partial charge in [-0.25, -0.2) is 4.57 Å². The van der Waals surface area contributed by atoms with Crippen LogP contribution in [0.5, 0.6) is 0 Å². The molecule has 1 aliphatic rings. The van der Waals surface area contributed by atoms with E-state index in [1.165, 1.54) is 10.8 Å². The molecule has 0 aromatic carbocycles. The van der Waals surface area contributed by atoms with E-state index in [0.29, 0.717) is 0 Å². The summed E-state index contributed by atoms with van der Waals surface area (Å²) in [5.74, 6) is 1.20. The first-order valence-corrected chi connectivity index (χ1v) is 3.91. The third kappa shape index (κ3) is 0.812. The number of hydrogen-bond donors (Lipinski definition) is 0. The van der Waals surface area contributed by atoms with Crippen LogP contribution < -0.4 is 4.57 Å². The molecule has 0 spiro atoms. The minimum Gasteiger partial charge on any atom is -0.224 e. The lowest BCUT2D eigenvalue weighted by atomic mass is 10.6. The molecule has 46 valence electrons. The van der Waals surface area contributed by atoms with E-state index in [2.05, 4.69) is 15.6 Å². The van der Waals surface area contributed by atoms with Crippen LogP contribution in [-0.4, -0.2) is 10.7 Å². The fourth-order valence-corrected chi connectivity index (χ4v) is 1.88. The van der Waals surface area contributed by atoms with Crippen molar-refractivity contribution in [2.24, 2.45) is 0 Å². The summed E-state index contributed by atoms with van der Waals surface area (Å²) >= 11 is 1.89. The largest absolute Gasteiger partial charge is 0.286 e. The van der Waals surface area contributed by atoms with Gasteiger partial charge in [-0.2, -0.15) is 0 Å². The van der Waals surface area contributed by atoms with Crippen LogP contribution in [0.15, 0.2) is 23.6 Å². The Balaban J connectivity index is 2.54. The fraction of sp³-hybridized carbons (Fsp3) is 0.333. The Hall–Kier alpha value is -0.570. The molecular formula is C6H7N2S+. The predicted molar refractivity (Wildman–Crippen MR) is 35.2 cm³/mol. The van der Waals surface area contributed by atoms with E-state index in [9.17, 15) is 0 Å². The molecule has 0 aliphatic carbocycles. The predicted octanol–water partition coefficient (Wildman–Crippen LogP) is 0.475. The first kappa shape index (κ1) is 5.23. The summed E-state index contributed by atoms with van der Waals surface area (Å²) in [6.45, 7) is 1.12. The molecule has 1 aromatic rings. The van der Waals surface area contributed by atoms with Gasteiger partial charge in [0.05, 0.1) is 0 Å². The second-order valence-corrected chi connectivity index (χ2v) is 3.08. The highest BCUT2D eigenvalue weighted by Gasteiger charge is 2.13. The SMILES string of the molecule is c1cc2[n+](cn1)CCS2. The first-order chi connectivity index (χ1) is 4.47. The average Bonchev–Trinajstić information content (AvgIpc) is 2.33. The van der Waals surface area contributed by atoms with Crippen molar-refractivity contribution in [2.75, 3.05) is 5.75 Å². The summed E-state index contributed by atoms with van der Waals surface area (Å²) in [7, 11) is 0. The minimum absolute atomic E-state index is 1.12. The summed E-state index contributed by atoms with van der Waals surface area (Å²) in [6.07, 6.45) is 3.72. The lowest BCUT2D eigenvalue weighted by Gasteiger charge is -1.86. The Labute approximate surface area is 57.9 Å². The van der Waals surface area contributed by atoms with Gasteiger partial charge in [0.1, 0.15) is 12.7 Å². The zero-order valence-corrected chi connectivity index (χ0v) is 5.77. The van der Waals surface area contributed by atoms with E-state index in [1.807, 2.05) is 24.3 Å². The molecule has 0 unspecified atom stereocenters. The molecule has 9 heavy (non-hydrogen) atoms. The molecule has 3 heteroatoms. The smallest absolute Gasteiger partial charge is 0.224 e. The van der Waals surface area contributed by atoms with E-state index in [-0.39, 0.29) is 0 Å². The van der Waals surface area contributed by atoms with Gasteiger partial charge < -0.3 is 0 Å². The van der Waals surface area contributed by atoms with Crippen LogP contribution in [0.25, 0.3) is 0 Å². The van der Waals surface area contributed by atoms with Gasteiger partial charge in [-0.15, -0.1) is 0 Å². The Morgan fingerprint density at radius 2 is 2.67 bits per heavy atom. The van der Waals surface area contributed by atoms with Gasteiger partial charge in [-0.1, -0.05) is 16.7 Å². The monoisotopic (exact) mass is 139 g/mol. The normalized spacial score (nSPS) is 15.6. The minimum atomic E-state index is 1.12. The third-order valence-corrected chi connectivity index (χ3v) is 2.43. The van der Waals surface area contributed by atoms with Crippen molar-refractivity contribution in [1.82, 2.24) is 4.98 Å². The van der Waals surface area contributed by atoms with Crippen LogP contribution in [0.4, 0.5) is 0 Å². The molecule has 0 bridgehead atoms. The molecule has 0 atom stereocenters. The summed E-state index contributed by atoms with van der Waals surface area (Å²) in [6, 6.07) is 2.05. The summed E-state index contributed by atoms with van der Waals surface area (Å²) < 4.78 is 2.17. The van der Waals surface area contributed by atoms with Crippen LogP contribution in [0, 0.1) is 0 Å². The number of hydrogen-bond acceptors (Lipinski definition) is 2. The second-order valence-electron chi connectivity index (χ2n) is 1.96. The molecule has 0 fully saturated rings. The molecule has 2 nitrogen and oxygen atoms in total. The van der Waals surface area contributed by atoms with E-state index in [1.54, 1.807) is 0 Å². The van der Waals surface area contributed by atoms with E-state index in [4.69, 9.17) is 0 Å². The number of nitrogens with zero attached hydrogens (tertiary/aromatic N) is 2. The van der Waals surface area contributed by atoms with E-state index >= 15 is 0 Å². The summed E-state index contributed by atoms with van der Waals surface area (Å²) in [5.41, 5.74) is 0. The van der Waals surface area contributed by atoms with Crippen molar-refractivity contribution in [3.05, 3.63) is 18.6 Å². The van der Waals surface area contributed by atoms with Gasteiger partial charge in [0.25, 0.3) is 6.33 Å². The quantitative estimate of drug-likeness (QED) is 0.384. The molecular weight excluding hydrogens is 132 g/mol. The number of aryl methyl sites for hydroxylation is 1. The third-order valence-electron chi connectivity index (χ3n) is 1.37. The highest BCUT2D eigenvalue weighted by molar-refractivity contribution is 7.99. The molecule has 0 N–H and O–H groups in total. The molecule has 1 aromatic heterocycles. The average molecular weight is 139 g/mol. The fourth-order valence-electron chi connectivity index (χ4n) is 0.926. The van der Waals surface area contributed by atoms with E-state index < -0.39 is 0 Å². The van der Waals surface area contributed by atoms with Crippen LogP contribution in [0.3, 0.4) is 0 Å². The number of aromatic nitrogens is 2. The second kappa shape index (κ2) is 1.99. The Bertz CT molecular complexity index is 201. The van der Waals surface area contributed by atoms with Gasteiger partial charge in [-0.3, -0.25) is 0 Å². The van der Waals surface area contributed by atoms with Crippen LogP contribution in [-0.2, 0) is 6.54 Å². The topological polar surface area (TPSA) is 16.8 Å². The van der Waals surface area contributed by atoms with Crippen molar-refractivity contribution in [2.45, 2.75) is 11.6 Å². The lowest BCUT2D eigenvalue weighted by molar-refractivity contribution is -0.726. The molecule has 0 radical (unpaired) electrons. The van der Waals surface area contributed by atoms with E-state index in [0.717, 1.165) is 6.54 Å². The van der Waals surface area contributed by atoms with Gasteiger partial charge in [0.15, 0.2) is 5.03 Å².